The van der Waals surface area contributed by atoms with Gasteiger partial charge in [0.1, 0.15) is 0 Å². The molecule has 1 saturated heterocycles. The third kappa shape index (κ3) is 3.15. The Balaban J connectivity index is 1.42. The number of carbonyl (C=O) groups excluding carboxylic acids is 2. The van der Waals surface area contributed by atoms with E-state index in [0.29, 0.717) is 18.1 Å². The number of anilines is 1. The van der Waals surface area contributed by atoms with Gasteiger partial charge in [-0.1, -0.05) is 35.9 Å². The summed E-state index contributed by atoms with van der Waals surface area (Å²) in [7, 11) is 0. The van der Waals surface area contributed by atoms with E-state index in [2.05, 4.69) is 15.5 Å². The highest BCUT2D eigenvalue weighted by molar-refractivity contribution is 6.31. The Kier molecular flexibility index (Phi) is 4.34. The number of nitrogens with zero attached hydrogens (tertiary/aromatic N) is 2. The Labute approximate surface area is 155 Å². The van der Waals surface area contributed by atoms with Gasteiger partial charge in [-0.15, -0.1) is 0 Å². The van der Waals surface area contributed by atoms with Gasteiger partial charge in [-0.05, 0) is 24.3 Å². The molecule has 2 amide bonds. The second kappa shape index (κ2) is 6.80. The van der Waals surface area contributed by atoms with Crippen molar-refractivity contribution in [3.63, 3.8) is 0 Å². The minimum atomic E-state index is -0.379. The van der Waals surface area contributed by atoms with Crippen LogP contribution in [0.5, 0.6) is 0 Å². The number of carbonyl (C=O) groups is 2. The van der Waals surface area contributed by atoms with Gasteiger partial charge in [0.05, 0.1) is 23.7 Å². The maximum Gasteiger partial charge on any atom is 0.227 e. The first-order valence-corrected chi connectivity index (χ1v) is 8.75. The fourth-order valence-electron chi connectivity index (χ4n) is 3.25. The molecule has 26 heavy (non-hydrogen) atoms. The molecular weight excluding hydrogens is 352 g/mol. The Bertz CT molecular complexity index is 984. The number of para-hydroxylation sites is 1. The highest BCUT2D eigenvalue weighted by Gasteiger charge is 2.35. The van der Waals surface area contributed by atoms with Crippen LogP contribution < -0.4 is 10.2 Å². The Hall–Kier alpha value is -2.86. The summed E-state index contributed by atoms with van der Waals surface area (Å²) in [6.07, 6.45) is 0.196. The third-order valence-electron chi connectivity index (χ3n) is 4.60. The van der Waals surface area contributed by atoms with Gasteiger partial charge in [0, 0.05) is 29.1 Å². The number of H-pyrrole nitrogens is 1. The van der Waals surface area contributed by atoms with Gasteiger partial charge < -0.3 is 10.2 Å². The number of hydrogen-bond acceptors (Lipinski definition) is 3. The molecule has 0 aliphatic carbocycles. The highest BCUT2D eigenvalue weighted by Crippen LogP contribution is 2.27. The van der Waals surface area contributed by atoms with E-state index in [-0.39, 0.29) is 24.2 Å². The van der Waals surface area contributed by atoms with E-state index in [1.165, 1.54) is 0 Å². The first-order chi connectivity index (χ1) is 12.6. The van der Waals surface area contributed by atoms with Gasteiger partial charge in [0.2, 0.25) is 11.8 Å². The van der Waals surface area contributed by atoms with Crippen molar-refractivity contribution in [3.05, 3.63) is 59.2 Å². The Morgan fingerprint density at radius 2 is 2.12 bits per heavy atom. The van der Waals surface area contributed by atoms with Gasteiger partial charge in [0.25, 0.3) is 0 Å². The van der Waals surface area contributed by atoms with Crippen LogP contribution in [-0.4, -0.2) is 28.6 Å². The smallest absolute Gasteiger partial charge is 0.227 e. The van der Waals surface area contributed by atoms with Gasteiger partial charge in [-0.3, -0.25) is 14.7 Å². The average Bonchev–Trinajstić information content (AvgIpc) is 3.23. The highest BCUT2D eigenvalue weighted by atomic mass is 35.5. The van der Waals surface area contributed by atoms with E-state index in [4.69, 9.17) is 11.6 Å². The van der Waals surface area contributed by atoms with E-state index in [9.17, 15) is 9.59 Å². The van der Waals surface area contributed by atoms with Gasteiger partial charge in [-0.25, -0.2) is 0 Å². The largest absolute Gasteiger partial charge is 0.350 e. The average molecular weight is 369 g/mol. The lowest BCUT2D eigenvalue weighted by Gasteiger charge is -2.17. The molecule has 0 radical (unpaired) electrons. The third-order valence-corrected chi connectivity index (χ3v) is 4.83. The van der Waals surface area contributed by atoms with Gasteiger partial charge >= 0.3 is 0 Å². The molecule has 6 nitrogen and oxygen atoms in total. The number of rotatable bonds is 4. The lowest BCUT2D eigenvalue weighted by atomic mass is 10.1. The number of halogens is 1. The second-order valence-electron chi connectivity index (χ2n) is 6.32. The molecule has 0 saturated carbocycles. The molecule has 1 aromatic heterocycles. The van der Waals surface area contributed by atoms with Crippen molar-refractivity contribution in [2.45, 2.75) is 13.0 Å². The Morgan fingerprint density at radius 3 is 2.96 bits per heavy atom. The summed E-state index contributed by atoms with van der Waals surface area (Å²) in [5.74, 6) is -0.586. The first-order valence-electron chi connectivity index (χ1n) is 8.37. The summed E-state index contributed by atoms with van der Waals surface area (Å²) in [5, 5.41) is 11.6. The fourth-order valence-corrected chi connectivity index (χ4v) is 3.43. The molecule has 1 aliphatic heterocycles. The fraction of sp³-hybridized carbons (Fsp3) is 0.211. The number of fused-ring (bicyclic) bond motifs is 1. The maximum absolute atomic E-state index is 12.5. The van der Waals surface area contributed by atoms with Crippen LogP contribution in [0.3, 0.4) is 0 Å². The summed E-state index contributed by atoms with van der Waals surface area (Å²) < 4.78 is 0. The summed E-state index contributed by atoms with van der Waals surface area (Å²) in [4.78, 5) is 26.4. The van der Waals surface area contributed by atoms with Crippen LogP contribution in [0.15, 0.2) is 48.5 Å². The molecule has 1 fully saturated rings. The first kappa shape index (κ1) is 16.6. The molecule has 0 spiro atoms. The molecule has 0 unspecified atom stereocenters. The van der Waals surface area contributed by atoms with Crippen LogP contribution >= 0.6 is 11.6 Å². The van der Waals surface area contributed by atoms with Crippen LogP contribution in [0, 0.1) is 5.92 Å². The normalized spacial score (nSPS) is 17.0. The molecule has 0 bridgehead atoms. The molecule has 2 aromatic carbocycles. The van der Waals surface area contributed by atoms with Crippen molar-refractivity contribution in [1.29, 1.82) is 0 Å². The maximum atomic E-state index is 12.5. The summed E-state index contributed by atoms with van der Waals surface area (Å²) in [6, 6.07) is 14.8. The molecular formula is C19H17ClN4O2. The lowest BCUT2D eigenvalue weighted by Crippen LogP contribution is -2.32. The molecule has 132 valence electrons. The zero-order chi connectivity index (χ0) is 18.1. The zero-order valence-corrected chi connectivity index (χ0v) is 14.7. The predicted molar refractivity (Wildman–Crippen MR) is 99.9 cm³/mol. The molecule has 3 aromatic rings. The number of hydrogen-bond donors (Lipinski definition) is 2. The number of nitrogens with one attached hydrogen (secondary N) is 2. The monoisotopic (exact) mass is 368 g/mol. The Morgan fingerprint density at radius 1 is 1.27 bits per heavy atom. The van der Waals surface area contributed by atoms with Crippen molar-refractivity contribution in [3.8, 4) is 0 Å². The molecule has 2 N–H and O–H groups in total. The van der Waals surface area contributed by atoms with E-state index in [1.54, 1.807) is 23.1 Å². The zero-order valence-electron chi connectivity index (χ0n) is 13.9. The molecule has 7 heteroatoms. The molecule has 4 rings (SSSR count). The van der Waals surface area contributed by atoms with Gasteiger partial charge in [0.15, 0.2) is 0 Å². The molecule has 1 aliphatic rings. The number of aromatic amines is 1. The number of benzene rings is 2. The minimum Gasteiger partial charge on any atom is -0.350 e. The standard InChI is InChI=1S/C19H17ClN4O2/c20-13-4-3-5-14(9-13)24-11-12(8-18(24)25)19(26)21-10-17-15-6-1-2-7-16(15)22-23-17/h1-7,9,12H,8,10-11H2,(H,21,26)(H,22,23)/t12-/m1/s1. The van der Waals surface area contributed by atoms with E-state index in [0.717, 1.165) is 22.3 Å². The molecule has 2 heterocycles. The van der Waals surface area contributed by atoms with Crippen LogP contribution in [-0.2, 0) is 16.1 Å². The summed E-state index contributed by atoms with van der Waals surface area (Å²) in [5.41, 5.74) is 2.43. The summed E-state index contributed by atoms with van der Waals surface area (Å²) >= 11 is 6.00. The van der Waals surface area contributed by atoms with Crippen molar-refractivity contribution in [1.82, 2.24) is 15.5 Å². The minimum absolute atomic E-state index is 0.0700. The van der Waals surface area contributed by atoms with E-state index in [1.807, 2.05) is 30.3 Å². The van der Waals surface area contributed by atoms with Crippen molar-refractivity contribution in [2.24, 2.45) is 5.92 Å². The number of aromatic nitrogens is 2. The quantitative estimate of drug-likeness (QED) is 0.743. The van der Waals surface area contributed by atoms with Crippen LogP contribution in [0.2, 0.25) is 5.02 Å². The summed E-state index contributed by atoms with van der Waals surface area (Å²) in [6.45, 7) is 0.704. The predicted octanol–water partition coefficient (Wildman–Crippen LogP) is 2.89. The van der Waals surface area contributed by atoms with Gasteiger partial charge in [-0.2, -0.15) is 5.10 Å². The second-order valence-corrected chi connectivity index (χ2v) is 6.76. The molecule has 1 atom stereocenters. The van der Waals surface area contributed by atoms with Crippen molar-refractivity contribution >= 4 is 40.0 Å². The number of amides is 2. The SMILES string of the molecule is O=C(NCc1[nH]nc2ccccc12)[C@@H]1CC(=O)N(c2cccc(Cl)c2)C1. The van der Waals surface area contributed by atoms with E-state index < -0.39 is 0 Å². The van der Waals surface area contributed by atoms with E-state index >= 15 is 0 Å². The van der Waals surface area contributed by atoms with Crippen LogP contribution in [0.4, 0.5) is 5.69 Å². The van der Waals surface area contributed by atoms with Crippen LogP contribution in [0.25, 0.3) is 10.9 Å². The van der Waals surface area contributed by atoms with Crippen molar-refractivity contribution in [2.75, 3.05) is 11.4 Å². The van der Waals surface area contributed by atoms with Crippen LogP contribution in [0.1, 0.15) is 12.1 Å². The van der Waals surface area contributed by atoms with Crippen molar-refractivity contribution < 1.29 is 9.59 Å². The lowest BCUT2D eigenvalue weighted by molar-refractivity contribution is -0.126. The topological polar surface area (TPSA) is 78.1 Å².